The maximum Gasteiger partial charge on any atom is 0.249 e. The summed E-state index contributed by atoms with van der Waals surface area (Å²) in [7, 11) is 0. The van der Waals surface area contributed by atoms with Crippen LogP contribution in [0.15, 0.2) is 48.5 Å². The molecule has 1 aliphatic heterocycles. The molecule has 1 fully saturated rings. The summed E-state index contributed by atoms with van der Waals surface area (Å²) in [6, 6.07) is 16.9. The van der Waals surface area contributed by atoms with Crippen molar-refractivity contribution in [3.05, 3.63) is 65.5 Å². The van der Waals surface area contributed by atoms with Gasteiger partial charge in [-0.25, -0.2) is 4.98 Å². The summed E-state index contributed by atoms with van der Waals surface area (Å²) in [6.45, 7) is 8.45. The molecule has 0 spiro atoms. The van der Waals surface area contributed by atoms with Crippen LogP contribution in [0.2, 0.25) is 0 Å². The Morgan fingerprint density at radius 1 is 1.17 bits per heavy atom. The summed E-state index contributed by atoms with van der Waals surface area (Å²) in [5.41, 5.74) is 4.69. The minimum Gasteiger partial charge on any atom is -0.368 e. The van der Waals surface area contributed by atoms with Gasteiger partial charge in [-0.05, 0) is 41.5 Å². The van der Waals surface area contributed by atoms with Gasteiger partial charge < -0.3 is 14.6 Å². The lowest BCUT2D eigenvalue weighted by Gasteiger charge is -2.19. The maximum absolute atomic E-state index is 12.4. The number of carbonyl (C=O) groups is 1. The van der Waals surface area contributed by atoms with Crippen LogP contribution in [0.25, 0.3) is 11.0 Å². The third-order valence-electron chi connectivity index (χ3n) is 5.54. The lowest BCUT2D eigenvalue weighted by molar-refractivity contribution is -0.130. The molecule has 1 aliphatic rings. The van der Waals surface area contributed by atoms with Crippen molar-refractivity contribution in [1.82, 2.24) is 14.9 Å². The van der Waals surface area contributed by atoms with Crippen molar-refractivity contribution < 1.29 is 9.53 Å². The molecule has 2 heterocycles. The molecule has 5 nitrogen and oxygen atoms in total. The van der Waals surface area contributed by atoms with Gasteiger partial charge in [0.15, 0.2) is 0 Å². The fourth-order valence-electron chi connectivity index (χ4n) is 3.79. The van der Waals surface area contributed by atoms with E-state index >= 15 is 0 Å². The van der Waals surface area contributed by atoms with E-state index in [2.05, 4.69) is 61.0 Å². The second kappa shape index (κ2) is 7.99. The number of ether oxygens (including phenoxy) is 1. The molecule has 1 atom stereocenters. The minimum absolute atomic E-state index is 0.0457. The molecule has 5 heteroatoms. The van der Waals surface area contributed by atoms with Gasteiger partial charge in [0.05, 0.1) is 17.6 Å². The monoisotopic (exact) mass is 391 g/mol. The third-order valence-corrected chi connectivity index (χ3v) is 5.54. The topological polar surface area (TPSA) is 56.2 Å². The molecule has 1 N–H and O–H groups in total. The summed E-state index contributed by atoms with van der Waals surface area (Å²) in [6.07, 6.45) is 1.42. The van der Waals surface area contributed by atoms with Crippen molar-refractivity contribution in [3.63, 3.8) is 0 Å². The average molecular weight is 392 g/mol. The quantitative estimate of drug-likeness (QED) is 0.710. The maximum atomic E-state index is 12.4. The standard InChI is InChI=1S/C24H29N3O2/c1-24(2,3)18-12-10-17(11-13-18)16-27-20-8-5-4-7-19(20)26-22(27)15-25-23(28)21-9-6-14-29-21/h4-5,7-8,10-13,21H,6,9,14-16H2,1-3H3,(H,25,28). The first kappa shape index (κ1) is 19.6. The van der Waals surface area contributed by atoms with Crippen molar-refractivity contribution in [3.8, 4) is 0 Å². The lowest BCUT2D eigenvalue weighted by atomic mass is 9.87. The van der Waals surface area contributed by atoms with Crippen LogP contribution < -0.4 is 5.32 Å². The third kappa shape index (κ3) is 4.35. The Labute approximate surface area is 172 Å². The first-order valence-corrected chi connectivity index (χ1v) is 10.3. The molecule has 0 saturated carbocycles. The number of benzene rings is 2. The highest BCUT2D eigenvalue weighted by atomic mass is 16.5. The van der Waals surface area contributed by atoms with Crippen molar-refractivity contribution >= 4 is 16.9 Å². The number of hydrogen-bond donors (Lipinski definition) is 1. The van der Waals surface area contributed by atoms with Gasteiger partial charge in [0.1, 0.15) is 11.9 Å². The number of nitrogens with one attached hydrogen (secondary N) is 1. The van der Waals surface area contributed by atoms with Gasteiger partial charge in [0.25, 0.3) is 0 Å². The molecule has 152 valence electrons. The summed E-state index contributed by atoms with van der Waals surface area (Å²) < 4.78 is 7.68. The Kier molecular flexibility index (Phi) is 5.41. The van der Waals surface area contributed by atoms with E-state index < -0.39 is 0 Å². The average Bonchev–Trinajstić information content (AvgIpc) is 3.35. The Morgan fingerprint density at radius 2 is 1.93 bits per heavy atom. The van der Waals surface area contributed by atoms with Crippen LogP contribution in [0, 0.1) is 0 Å². The normalized spacial score (nSPS) is 17.0. The number of imidazole rings is 1. The van der Waals surface area contributed by atoms with E-state index in [1.54, 1.807) is 0 Å². The van der Waals surface area contributed by atoms with E-state index in [4.69, 9.17) is 9.72 Å². The zero-order valence-corrected chi connectivity index (χ0v) is 17.4. The molecule has 1 saturated heterocycles. The number of fused-ring (bicyclic) bond motifs is 1. The van der Waals surface area contributed by atoms with Crippen LogP contribution in [-0.2, 0) is 28.0 Å². The van der Waals surface area contributed by atoms with Gasteiger partial charge >= 0.3 is 0 Å². The summed E-state index contributed by atoms with van der Waals surface area (Å²) >= 11 is 0. The highest BCUT2D eigenvalue weighted by Gasteiger charge is 2.24. The van der Waals surface area contributed by atoms with E-state index in [0.29, 0.717) is 13.2 Å². The fourth-order valence-corrected chi connectivity index (χ4v) is 3.79. The van der Waals surface area contributed by atoms with Gasteiger partial charge in [0.2, 0.25) is 5.91 Å². The van der Waals surface area contributed by atoms with Crippen LogP contribution in [0.3, 0.4) is 0 Å². The summed E-state index contributed by atoms with van der Waals surface area (Å²) in [5, 5.41) is 3.01. The van der Waals surface area contributed by atoms with Gasteiger partial charge in [-0.2, -0.15) is 0 Å². The first-order valence-electron chi connectivity index (χ1n) is 10.3. The first-order chi connectivity index (χ1) is 13.9. The number of hydrogen-bond acceptors (Lipinski definition) is 3. The number of rotatable bonds is 5. The summed E-state index contributed by atoms with van der Waals surface area (Å²) in [4.78, 5) is 17.1. The number of aromatic nitrogens is 2. The van der Waals surface area contributed by atoms with Crippen molar-refractivity contribution in [2.75, 3.05) is 6.61 Å². The largest absolute Gasteiger partial charge is 0.368 e. The van der Waals surface area contributed by atoms with Crippen LogP contribution in [-0.4, -0.2) is 28.2 Å². The van der Waals surface area contributed by atoms with Crippen molar-refractivity contribution in [1.29, 1.82) is 0 Å². The number of nitrogens with zero attached hydrogens (tertiary/aromatic N) is 2. The van der Waals surface area contributed by atoms with Gasteiger partial charge in [0, 0.05) is 13.2 Å². The highest BCUT2D eigenvalue weighted by molar-refractivity contribution is 5.81. The molecule has 0 radical (unpaired) electrons. The minimum atomic E-state index is -0.322. The molecule has 29 heavy (non-hydrogen) atoms. The zero-order valence-electron chi connectivity index (χ0n) is 17.4. The van der Waals surface area contributed by atoms with Gasteiger partial charge in [-0.3, -0.25) is 4.79 Å². The van der Waals surface area contributed by atoms with Gasteiger partial charge in [-0.15, -0.1) is 0 Å². The zero-order chi connectivity index (χ0) is 20.4. The number of carbonyl (C=O) groups excluding carboxylic acids is 1. The molecule has 0 aliphatic carbocycles. The molecule has 1 aromatic heterocycles. The number of amides is 1. The van der Waals surface area contributed by atoms with E-state index in [0.717, 1.165) is 36.2 Å². The second-order valence-electron chi connectivity index (χ2n) is 8.77. The summed E-state index contributed by atoms with van der Waals surface area (Å²) in [5.74, 6) is 0.813. The SMILES string of the molecule is CC(C)(C)c1ccc(Cn2c(CNC(=O)C3CCCO3)nc3ccccc32)cc1. The predicted molar refractivity (Wildman–Crippen MR) is 115 cm³/mol. The van der Waals surface area contributed by atoms with E-state index in [9.17, 15) is 4.79 Å². The molecule has 2 aromatic carbocycles. The van der Waals surface area contributed by atoms with Crippen LogP contribution >= 0.6 is 0 Å². The van der Waals surface area contributed by atoms with Crippen LogP contribution in [0.4, 0.5) is 0 Å². The smallest absolute Gasteiger partial charge is 0.249 e. The molecule has 0 bridgehead atoms. The van der Waals surface area contributed by atoms with E-state index in [-0.39, 0.29) is 17.4 Å². The van der Waals surface area contributed by atoms with Crippen LogP contribution in [0.5, 0.6) is 0 Å². The van der Waals surface area contributed by atoms with Gasteiger partial charge in [-0.1, -0.05) is 57.2 Å². The van der Waals surface area contributed by atoms with Crippen molar-refractivity contribution in [2.24, 2.45) is 0 Å². The number of para-hydroxylation sites is 2. The molecule has 1 amide bonds. The molecular weight excluding hydrogens is 362 g/mol. The molecule has 4 rings (SSSR count). The second-order valence-corrected chi connectivity index (χ2v) is 8.77. The Balaban J connectivity index is 1.57. The Bertz CT molecular complexity index is 993. The van der Waals surface area contributed by atoms with Crippen LogP contribution in [0.1, 0.15) is 50.6 Å². The van der Waals surface area contributed by atoms with E-state index in [1.165, 1.54) is 11.1 Å². The Morgan fingerprint density at radius 3 is 2.62 bits per heavy atom. The van der Waals surface area contributed by atoms with E-state index in [1.807, 2.05) is 18.2 Å². The lowest BCUT2D eigenvalue weighted by Crippen LogP contribution is -2.34. The fraction of sp³-hybridized carbons (Fsp3) is 0.417. The molecule has 3 aromatic rings. The Hall–Kier alpha value is -2.66. The highest BCUT2D eigenvalue weighted by Crippen LogP contribution is 2.24. The van der Waals surface area contributed by atoms with Crippen molar-refractivity contribution in [2.45, 2.75) is 58.2 Å². The molecular formula is C24H29N3O2. The molecule has 1 unspecified atom stereocenters. The predicted octanol–water partition coefficient (Wildman–Crippen LogP) is 4.18.